The Hall–Kier alpha value is -3.23. The molecule has 2 aromatic rings. The summed E-state index contributed by atoms with van der Waals surface area (Å²) in [5.74, 6) is 0.226. The third kappa shape index (κ3) is 3.97. The van der Waals surface area contributed by atoms with Gasteiger partial charge in [-0.3, -0.25) is 10.1 Å². The highest BCUT2D eigenvalue weighted by molar-refractivity contribution is 5.96. The Morgan fingerprint density at radius 1 is 1.37 bits per heavy atom. The van der Waals surface area contributed by atoms with Crippen LogP contribution in [-0.4, -0.2) is 41.1 Å². The second kappa shape index (κ2) is 7.98. The first-order valence-electron chi connectivity index (χ1n) is 8.70. The molecule has 3 rings (SSSR count). The molecule has 1 aliphatic rings. The van der Waals surface area contributed by atoms with Gasteiger partial charge in [0, 0.05) is 13.1 Å². The van der Waals surface area contributed by atoms with Crippen molar-refractivity contribution >= 4 is 29.0 Å². The first-order valence-corrected chi connectivity index (χ1v) is 8.70. The second-order valence-electron chi connectivity index (χ2n) is 6.51. The fourth-order valence-corrected chi connectivity index (χ4v) is 3.25. The number of aromatic nitrogens is 2. The lowest BCUT2D eigenvalue weighted by molar-refractivity contribution is -0.383. The Kier molecular flexibility index (Phi) is 5.49. The molecule has 2 heterocycles. The molecule has 1 aromatic heterocycles. The van der Waals surface area contributed by atoms with Gasteiger partial charge in [-0.1, -0.05) is 19.1 Å². The van der Waals surface area contributed by atoms with Crippen molar-refractivity contribution in [3.8, 4) is 0 Å². The summed E-state index contributed by atoms with van der Waals surface area (Å²) < 4.78 is 4.77. The van der Waals surface area contributed by atoms with E-state index in [9.17, 15) is 14.9 Å². The number of rotatable bonds is 5. The van der Waals surface area contributed by atoms with Gasteiger partial charge in [0.15, 0.2) is 0 Å². The van der Waals surface area contributed by atoms with Crippen LogP contribution in [0.5, 0.6) is 0 Å². The molecule has 0 spiro atoms. The Balaban J connectivity index is 2.01. The summed E-state index contributed by atoms with van der Waals surface area (Å²) in [7, 11) is 1.28. The van der Waals surface area contributed by atoms with Crippen molar-refractivity contribution in [2.75, 3.05) is 30.4 Å². The predicted molar refractivity (Wildman–Crippen MR) is 100 cm³/mol. The molecule has 1 unspecified atom stereocenters. The van der Waals surface area contributed by atoms with E-state index in [0.29, 0.717) is 30.5 Å². The van der Waals surface area contributed by atoms with Crippen LogP contribution in [0.2, 0.25) is 0 Å². The van der Waals surface area contributed by atoms with Crippen LogP contribution in [0.25, 0.3) is 0 Å². The molecule has 9 heteroatoms. The number of carbonyl (C=O) groups excluding carboxylic acids is 1. The molecule has 0 bridgehead atoms. The molecule has 1 atom stereocenters. The van der Waals surface area contributed by atoms with Gasteiger partial charge in [-0.25, -0.2) is 14.8 Å². The summed E-state index contributed by atoms with van der Waals surface area (Å²) in [4.78, 5) is 33.4. The van der Waals surface area contributed by atoms with Crippen molar-refractivity contribution < 1.29 is 14.5 Å². The third-order valence-corrected chi connectivity index (χ3v) is 4.53. The smallest absolute Gasteiger partial charge is 0.353 e. The van der Waals surface area contributed by atoms with E-state index in [1.54, 1.807) is 24.3 Å². The highest BCUT2D eigenvalue weighted by atomic mass is 16.6. The maximum Gasteiger partial charge on any atom is 0.353 e. The topological polar surface area (TPSA) is 110 Å². The van der Waals surface area contributed by atoms with E-state index in [0.717, 1.165) is 12.8 Å². The summed E-state index contributed by atoms with van der Waals surface area (Å²) in [6.45, 7) is 3.53. The highest BCUT2D eigenvalue weighted by Crippen LogP contribution is 2.36. The van der Waals surface area contributed by atoms with Gasteiger partial charge < -0.3 is 15.0 Å². The lowest BCUT2D eigenvalue weighted by Gasteiger charge is -2.31. The minimum Gasteiger partial charge on any atom is -0.465 e. The Morgan fingerprint density at radius 3 is 2.85 bits per heavy atom. The number of esters is 1. The zero-order valence-corrected chi connectivity index (χ0v) is 15.2. The van der Waals surface area contributed by atoms with Gasteiger partial charge in [0.2, 0.25) is 11.6 Å². The number of nitrogens with zero attached hydrogens (tertiary/aromatic N) is 4. The summed E-state index contributed by atoms with van der Waals surface area (Å²) in [6, 6.07) is 6.62. The van der Waals surface area contributed by atoms with E-state index in [1.165, 1.54) is 13.4 Å². The predicted octanol–water partition coefficient (Wildman–Crippen LogP) is 3.15. The van der Waals surface area contributed by atoms with Gasteiger partial charge in [0.25, 0.3) is 0 Å². The van der Waals surface area contributed by atoms with Crippen molar-refractivity contribution in [3.05, 3.63) is 46.3 Å². The number of hydrogen-bond acceptors (Lipinski definition) is 8. The van der Waals surface area contributed by atoms with Crippen LogP contribution in [0.3, 0.4) is 0 Å². The molecular weight excluding hydrogens is 350 g/mol. The number of benzene rings is 1. The molecular formula is C18H21N5O4. The SMILES string of the molecule is COC(=O)c1ccccc1Nc1ncnc(N2CCCC(C)C2)c1[N+](=O)[O-]. The van der Waals surface area contributed by atoms with Crippen LogP contribution in [0.1, 0.15) is 30.1 Å². The maximum absolute atomic E-state index is 12.0. The number of anilines is 3. The van der Waals surface area contributed by atoms with Crippen molar-refractivity contribution in [1.29, 1.82) is 0 Å². The minimum atomic E-state index is -0.542. The quantitative estimate of drug-likeness (QED) is 0.485. The van der Waals surface area contributed by atoms with Gasteiger partial charge in [-0.2, -0.15) is 0 Å². The molecule has 1 aliphatic heterocycles. The van der Waals surface area contributed by atoms with Crippen LogP contribution >= 0.6 is 0 Å². The van der Waals surface area contributed by atoms with E-state index < -0.39 is 10.9 Å². The molecule has 9 nitrogen and oxygen atoms in total. The summed E-state index contributed by atoms with van der Waals surface area (Å²) >= 11 is 0. The van der Waals surface area contributed by atoms with Gasteiger partial charge in [0.05, 0.1) is 23.3 Å². The molecule has 1 fully saturated rings. The number of nitro groups is 1. The van der Waals surface area contributed by atoms with Crippen molar-refractivity contribution in [2.24, 2.45) is 5.92 Å². The summed E-state index contributed by atoms with van der Waals surface area (Å²) in [6.07, 6.45) is 3.34. The molecule has 1 aromatic carbocycles. The average molecular weight is 371 g/mol. The largest absolute Gasteiger partial charge is 0.465 e. The first kappa shape index (κ1) is 18.6. The zero-order valence-electron chi connectivity index (χ0n) is 15.2. The molecule has 0 radical (unpaired) electrons. The van der Waals surface area contributed by atoms with E-state index >= 15 is 0 Å². The average Bonchev–Trinajstić information content (AvgIpc) is 2.67. The van der Waals surface area contributed by atoms with Crippen LogP contribution in [0.15, 0.2) is 30.6 Å². The maximum atomic E-state index is 12.0. The molecule has 1 N–H and O–H groups in total. The Bertz CT molecular complexity index is 857. The molecule has 142 valence electrons. The summed E-state index contributed by atoms with van der Waals surface area (Å²) in [5.41, 5.74) is 0.441. The van der Waals surface area contributed by atoms with Crippen molar-refractivity contribution in [3.63, 3.8) is 0 Å². The third-order valence-electron chi connectivity index (χ3n) is 4.53. The molecule has 0 amide bonds. The number of carbonyl (C=O) groups is 1. The fourth-order valence-electron chi connectivity index (χ4n) is 3.25. The highest BCUT2D eigenvalue weighted by Gasteiger charge is 2.30. The number of ether oxygens (including phenoxy) is 1. The van der Waals surface area contributed by atoms with E-state index in [2.05, 4.69) is 22.2 Å². The van der Waals surface area contributed by atoms with Crippen LogP contribution in [-0.2, 0) is 4.74 Å². The van der Waals surface area contributed by atoms with Gasteiger partial charge in [-0.15, -0.1) is 0 Å². The van der Waals surface area contributed by atoms with Gasteiger partial charge in [-0.05, 0) is 30.9 Å². The Labute approximate surface area is 156 Å². The van der Waals surface area contributed by atoms with Gasteiger partial charge in [0.1, 0.15) is 6.33 Å². The normalized spacial score (nSPS) is 16.7. The molecule has 0 saturated carbocycles. The first-order chi connectivity index (χ1) is 13.0. The standard InChI is InChI=1S/C18H21N5O4/c1-12-6-5-9-22(10-12)17-15(23(25)26)16(19-11-20-17)21-14-8-4-3-7-13(14)18(24)27-2/h3-4,7-8,11-12H,5-6,9-10H2,1-2H3,(H,19,20,21). The van der Waals surface area contributed by atoms with Crippen LogP contribution < -0.4 is 10.2 Å². The van der Waals surface area contributed by atoms with E-state index in [4.69, 9.17) is 4.74 Å². The van der Waals surface area contributed by atoms with Crippen molar-refractivity contribution in [2.45, 2.75) is 19.8 Å². The van der Waals surface area contributed by atoms with Crippen LogP contribution in [0, 0.1) is 16.0 Å². The lowest BCUT2D eigenvalue weighted by atomic mass is 10.0. The van der Waals surface area contributed by atoms with E-state index in [1.807, 2.05) is 4.90 Å². The van der Waals surface area contributed by atoms with Gasteiger partial charge >= 0.3 is 11.7 Å². The summed E-state index contributed by atoms with van der Waals surface area (Å²) in [5, 5.41) is 14.7. The Morgan fingerprint density at radius 2 is 2.15 bits per heavy atom. The van der Waals surface area contributed by atoms with Crippen LogP contribution in [0.4, 0.5) is 23.0 Å². The number of para-hydroxylation sites is 1. The number of hydrogen-bond donors (Lipinski definition) is 1. The molecule has 27 heavy (non-hydrogen) atoms. The molecule has 0 aliphatic carbocycles. The van der Waals surface area contributed by atoms with Crippen molar-refractivity contribution in [1.82, 2.24) is 9.97 Å². The lowest BCUT2D eigenvalue weighted by Crippen LogP contribution is -2.35. The molecule has 1 saturated heterocycles. The zero-order chi connectivity index (χ0) is 19.4. The fraction of sp³-hybridized carbons (Fsp3) is 0.389. The minimum absolute atomic E-state index is 0.0413. The van der Waals surface area contributed by atoms with E-state index in [-0.39, 0.29) is 17.1 Å². The monoisotopic (exact) mass is 371 g/mol. The number of methoxy groups -OCH3 is 1. The number of nitrogens with one attached hydrogen (secondary N) is 1. The second-order valence-corrected chi connectivity index (χ2v) is 6.51. The number of piperidine rings is 1.